The standard InChI is InChI=1S/C28H29ClFN7O/c1-37(2)12-6-11-32-26-23(18-34-28(36-26)35-22-9-10-25(30)24(29)14-22)20-13-21(17-31-16-20)27(38)33-15-19-7-4-3-5-8-19/h3-5,7-10,13-14,16-18H,6,11-12,15H2,1-2H3,(H,33,38)(H2,32,34,35,36). The largest absolute Gasteiger partial charge is 0.369 e. The maximum atomic E-state index is 13.6. The summed E-state index contributed by atoms with van der Waals surface area (Å²) < 4.78 is 13.6. The van der Waals surface area contributed by atoms with E-state index < -0.39 is 5.82 Å². The van der Waals surface area contributed by atoms with Crippen molar-refractivity contribution in [2.24, 2.45) is 0 Å². The number of benzene rings is 2. The summed E-state index contributed by atoms with van der Waals surface area (Å²) in [4.78, 5) is 28.3. The van der Waals surface area contributed by atoms with Gasteiger partial charge in [-0.05, 0) is 56.9 Å². The number of nitrogens with one attached hydrogen (secondary N) is 3. The Kier molecular flexibility index (Phi) is 9.18. The second-order valence-electron chi connectivity index (χ2n) is 8.92. The molecule has 4 aromatic rings. The molecule has 0 aliphatic heterocycles. The predicted octanol–water partition coefficient (Wildman–Crippen LogP) is 5.37. The van der Waals surface area contributed by atoms with Gasteiger partial charge < -0.3 is 20.9 Å². The van der Waals surface area contributed by atoms with Crippen molar-refractivity contribution in [2.75, 3.05) is 37.8 Å². The van der Waals surface area contributed by atoms with E-state index in [-0.39, 0.29) is 10.9 Å². The molecule has 0 radical (unpaired) electrons. The number of rotatable bonds is 11. The van der Waals surface area contributed by atoms with Gasteiger partial charge in [0.15, 0.2) is 0 Å². The summed E-state index contributed by atoms with van der Waals surface area (Å²) >= 11 is 5.91. The molecule has 2 aromatic carbocycles. The van der Waals surface area contributed by atoms with Gasteiger partial charge in [0.1, 0.15) is 11.6 Å². The van der Waals surface area contributed by atoms with Crippen molar-refractivity contribution in [1.82, 2.24) is 25.2 Å². The summed E-state index contributed by atoms with van der Waals surface area (Å²) in [6.07, 6.45) is 5.76. The number of halogens is 2. The normalized spacial score (nSPS) is 10.9. The van der Waals surface area contributed by atoms with Gasteiger partial charge in [-0.25, -0.2) is 9.37 Å². The quantitative estimate of drug-likeness (QED) is 0.223. The molecule has 1 amide bonds. The number of anilines is 3. The van der Waals surface area contributed by atoms with Gasteiger partial charge in [-0.3, -0.25) is 9.78 Å². The van der Waals surface area contributed by atoms with Gasteiger partial charge in [-0.1, -0.05) is 41.9 Å². The van der Waals surface area contributed by atoms with Crippen LogP contribution in [0.3, 0.4) is 0 Å². The van der Waals surface area contributed by atoms with E-state index in [1.54, 1.807) is 24.5 Å². The average molecular weight is 534 g/mol. The van der Waals surface area contributed by atoms with E-state index in [0.29, 0.717) is 47.2 Å². The first-order chi connectivity index (χ1) is 18.4. The van der Waals surface area contributed by atoms with Crippen LogP contribution in [-0.4, -0.2) is 52.9 Å². The molecule has 8 nitrogen and oxygen atoms in total. The summed E-state index contributed by atoms with van der Waals surface area (Å²) in [5, 5.41) is 9.37. The molecule has 0 bridgehead atoms. The van der Waals surface area contributed by atoms with Crippen LogP contribution in [0.2, 0.25) is 5.02 Å². The minimum Gasteiger partial charge on any atom is -0.369 e. The topological polar surface area (TPSA) is 95.1 Å². The molecule has 10 heteroatoms. The third-order valence-corrected chi connectivity index (χ3v) is 5.94. The van der Waals surface area contributed by atoms with Crippen molar-refractivity contribution in [3.8, 4) is 11.1 Å². The summed E-state index contributed by atoms with van der Waals surface area (Å²) in [5.41, 5.74) is 3.39. The monoisotopic (exact) mass is 533 g/mol. The lowest BCUT2D eigenvalue weighted by atomic mass is 10.1. The molecule has 38 heavy (non-hydrogen) atoms. The molecule has 196 valence electrons. The molecule has 0 saturated heterocycles. The first kappa shape index (κ1) is 27.0. The summed E-state index contributed by atoms with van der Waals surface area (Å²) in [7, 11) is 4.04. The SMILES string of the molecule is CN(C)CCCNc1nc(Nc2ccc(F)c(Cl)c2)ncc1-c1cncc(C(=O)NCc2ccccc2)c1. The Balaban J connectivity index is 1.56. The number of carbonyl (C=O) groups is 1. The van der Waals surface area contributed by atoms with E-state index >= 15 is 0 Å². The fourth-order valence-electron chi connectivity index (χ4n) is 3.68. The highest BCUT2D eigenvalue weighted by molar-refractivity contribution is 6.31. The van der Waals surface area contributed by atoms with Gasteiger partial charge in [-0.2, -0.15) is 4.98 Å². The van der Waals surface area contributed by atoms with Crippen LogP contribution >= 0.6 is 11.6 Å². The Labute approximate surface area is 226 Å². The first-order valence-electron chi connectivity index (χ1n) is 12.1. The minimum absolute atomic E-state index is 0.00193. The summed E-state index contributed by atoms with van der Waals surface area (Å²) in [5.74, 6) is 0.169. The number of pyridine rings is 1. The Morgan fingerprint density at radius 3 is 2.63 bits per heavy atom. The smallest absolute Gasteiger partial charge is 0.253 e. The highest BCUT2D eigenvalue weighted by Crippen LogP contribution is 2.28. The minimum atomic E-state index is -0.503. The summed E-state index contributed by atoms with van der Waals surface area (Å²) in [6.45, 7) is 2.00. The number of carbonyl (C=O) groups excluding carboxylic acids is 1. The summed E-state index contributed by atoms with van der Waals surface area (Å²) in [6, 6.07) is 15.8. The van der Waals surface area contributed by atoms with Crippen molar-refractivity contribution >= 4 is 35.0 Å². The number of nitrogens with zero attached hydrogens (tertiary/aromatic N) is 4. The molecule has 0 aliphatic rings. The van der Waals surface area contributed by atoms with E-state index in [4.69, 9.17) is 11.6 Å². The van der Waals surface area contributed by atoms with Crippen molar-refractivity contribution < 1.29 is 9.18 Å². The van der Waals surface area contributed by atoms with Crippen molar-refractivity contribution in [3.05, 3.63) is 95.2 Å². The van der Waals surface area contributed by atoms with Crippen molar-refractivity contribution in [3.63, 3.8) is 0 Å². The third-order valence-electron chi connectivity index (χ3n) is 5.65. The van der Waals surface area contributed by atoms with Gasteiger partial charge in [0, 0.05) is 48.5 Å². The van der Waals surface area contributed by atoms with E-state index in [9.17, 15) is 9.18 Å². The van der Waals surface area contributed by atoms with E-state index in [2.05, 4.69) is 35.8 Å². The molecule has 2 heterocycles. The Hall–Kier alpha value is -4.08. The Bertz CT molecular complexity index is 1380. The van der Waals surface area contributed by atoms with Gasteiger partial charge >= 0.3 is 0 Å². The van der Waals surface area contributed by atoms with Crippen LogP contribution in [-0.2, 0) is 6.54 Å². The lowest BCUT2D eigenvalue weighted by Gasteiger charge is -2.15. The second-order valence-corrected chi connectivity index (χ2v) is 9.33. The predicted molar refractivity (Wildman–Crippen MR) is 149 cm³/mol. The molecular weight excluding hydrogens is 505 g/mol. The lowest BCUT2D eigenvalue weighted by molar-refractivity contribution is 0.0950. The first-order valence-corrected chi connectivity index (χ1v) is 12.5. The molecule has 0 fully saturated rings. The maximum absolute atomic E-state index is 13.6. The highest BCUT2D eigenvalue weighted by atomic mass is 35.5. The van der Waals surface area contributed by atoms with Gasteiger partial charge in [0.25, 0.3) is 5.91 Å². The maximum Gasteiger partial charge on any atom is 0.253 e. The molecule has 0 atom stereocenters. The van der Waals surface area contributed by atoms with Crippen molar-refractivity contribution in [1.29, 1.82) is 0 Å². The number of aromatic nitrogens is 3. The highest BCUT2D eigenvalue weighted by Gasteiger charge is 2.14. The van der Waals surface area contributed by atoms with E-state index in [1.165, 1.54) is 18.3 Å². The van der Waals surface area contributed by atoms with Crippen LogP contribution < -0.4 is 16.0 Å². The van der Waals surface area contributed by atoms with Crippen LogP contribution in [0.15, 0.2) is 73.2 Å². The fourth-order valence-corrected chi connectivity index (χ4v) is 3.87. The average Bonchev–Trinajstić information content (AvgIpc) is 2.92. The van der Waals surface area contributed by atoms with Crippen LogP contribution in [0.25, 0.3) is 11.1 Å². The van der Waals surface area contributed by atoms with E-state index in [0.717, 1.165) is 18.5 Å². The molecule has 3 N–H and O–H groups in total. The van der Waals surface area contributed by atoms with Crippen LogP contribution in [0.5, 0.6) is 0 Å². The molecule has 0 spiro atoms. The zero-order valence-corrected chi connectivity index (χ0v) is 22.0. The van der Waals surface area contributed by atoms with Crippen molar-refractivity contribution in [2.45, 2.75) is 13.0 Å². The van der Waals surface area contributed by atoms with Gasteiger partial charge in [0.05, 0.1) is 10.6 Å². The van der Waals surface area contributed by atoms with Gasteiger partial charge in [0.2, 0.25) is 5.95 Å². The van der Waals surface area contributed by atoms with E-state index in [1.807, 2.05) is 44.4 Å². The molecule has 4 rings (SSSR count). The number of amides is 1. The fraction of sp³-hybridized carbons (Fsp3) is 0.214. The molecule has 0 aliphatic carbocycles. The third kappa shape index (κ3) is 7.47. The number of hydrogen-bond acceptors (Lipinski definition) is 7. The second kappa shape index (κ2) is 12.9. The zero-order valence-electron chi connectivity index (χ0n) is 21.2. The van der Waals surface area contributed by atoms with Crippen LogP contribution in [0, 0.1) is 5.82 Å². The number of hydrogen-bond donors (Lipinski definition) is 3. The Morgan fingerprint density at radius 1 is 1.05 bits per heavy atom. The molecule has 0 unspecified atom stereocenters. The zero-order chi connectivity index (χ0) is 26.9. The lowest BCUT2D eigenvalue weighted by Crippen LogP contribution is -2.23. The Morgan fingerprint density at radius 2 is 1.87 bits per heavy atom. The van der Waals surface area contributed by atoms with Crippen LogP contribution in [0.1, 0.15) is 22.3 Å². The van der Waals surface area contributed by atoms with Crippen LogP contribution in [0.4, 0.5) is 21.8 Å². The molecule has 0 saturated carbocycles. The molecular formula is C28H29ClFN7O. The molecule has 2 aromatic heterocycles. The van der Waals surface area contributed by atoms with Gasteiger partial charge in [-0.15, -0.1) is 0 Å².